The normalized spacial score (nSPS) is 14.0. The first kappa shape index (κ1) is 16.6. The number of hydrogen-bond acceptors (Lipinski definition) is 5. The molecular weight excluding hydrogens is 302 g/mol. The molecule has 0 aliphatic carbocycles. The van der Waals surface area contributed by atoms with Crippen LogP contribution >= 0.6 is 12.4 Å². The Labute approximate surface area is 125 Å². The zero-order chi connectivity index (χ0) is 13.9. The van der Waals surface area contributed by atoms with E-state index in [0.29, 0.717) is 18.0 Å². The number of benzene rings is 1. The highest BCUT2D eigenvalue weighted by atomic mass is 35.5. The molecule has 0 atom stereocenters. The summed E-state index contributed by atoms with van der Waals surface area (Å²) in [6, 6.07) is 5.26. The van der Waals surface area contributed by atoms with Crippen molar-refractivity contribution in [3.8, 4) is 5.75 Å². The lowest BCUT2D eigenvalue weighted by Crippen LogP contribution is -2.24. The number of halogens is 1. The fourth-order valence-electron chi connectivity index (χ4n) is 1.80. The molecule has 112 valence electrons. The second-order valence-electron chi connectivity index (χ2n) is 4.45. The summed E-state index contributed by atoms with van der Waals surface area (Å²) in [4.78, 5) is 4.22. The predicted molar refractivity (Wildman–Crippen MR) is 82.7 cm³/mol. The van der Waals surface area contributed by atoms with Crippen molar-refractivity contribution in [1.29, 1.82) is 0 Å². The maximum Gasteiger partial charge on any atom is 0.229 e. The first-order chi connectivity index (χ1) is 8.92. The summed E-state index contributed by atoms with van der Waals surface area (Å²) in [5, 5.41) is 3.11. The zero-order valence-corrected chi connectivity index (χ0v) is 13.0. The van der Waals surface area contributed by atoms with Crippen LogP contribution in [0, 0.1) is 6.92 Å². The molecule has 1 aliphatic rings. The number of nitrogens with one attached hydrogen (secondary N) is 2. The molecule has 0 aromatic heterocycles. The van der Waals surface area contributed by atoms with Crippen molar-refractivity contribution < 1.29 is 13.2 Å². The second-order valence-corrected chi connectivity index (χ2v) is 6.20. The molecule has 1 aromatic carbocycles. The highest BCUT2D eigenvalue weighted by Crippen LogP contribution is 2.21. The van der Waals surface area contributed by atoms with E-state index in [0.717, 1.165) is 30.7 Å². The van der Waals surface area contributed by atoms with E-state index in [1.54, 1.807) is 12.1 Å². The van der Waals surface area contributed by atoms with Gasteiger partial charge < -0.3 is 10.1 Å². The summed E-state index contributed by atoms with van der Waals surface area (Å²) in [7, 11) is -3.28. The first-order valence-corrected chi connectivity index (χ1v) is 7.81. The molecule has 0 amide bonds. The van der Waals surface area contributed by atoms with Crippen molar-refractivity contribution in [2.45, 2.75) is 6.92 Å². The number of aliphatic imine (C=N–C) groups is 1. The van der Waals surface area contributed by atoms with E-state index < -0.39 is 10.0 Å². The molecule has 0 unspecified atom stereocenters. The molecule has 1 aromatic rings. The topological polar surface area (TPSA) is 79.8 Å². The average Bonchev–Trinajstić information content (AvgIpc) is 2.75. The molecule has 0 spiro atoms. The van der Waals surface area contributed by atoms with Crippen LogP contribution in [-0.2, 0) is 10.0 Å². The van der Waals surface area contributed by atoms with Crippen LogP contribution in [0.5, 0.6) is 5.75 Å². The molecule has 2 rings (SSSR count). The summed E-state index contributed by atoms with van der Waals surface area (Å²) in [6.07, 6.45) is 1.12. The Morgan fingerprint density at radius 3 is 2.75 bits per heavy atom. The summed E-state index contributed by atoms with van der Waals surface area (Å²) in [5.41, 5.74) is 1.42. The Morgan fingerprint density at radius 1 is 1.40 bits per heavy atom. The summed E-state index contributed by atoms with van der Waals surface area (Å²) < 4.78 is 30.5. The monoisotopic (exact) mass is 319 g/mol. The van der Waals surface area contributed by atoms with Gasteiger partial charge in [-0.2, -0.15) is 0 Å². The lowest BCUT2D eigenvalue weighted by molar-refractivity contribution is 0.373. The Kier molecular flexibility index (Phi) is 5.64. The standard InChI is InChI=1S/C12H17N3O3S.ClH/c1-9-5-10(15-19(2,16)17)7-11(6-9)18-8-12-13-3-4-14-12;/h5-7,15H,3-4,8H2,1-2H3,(H,13,14);1H. The smallest absolute Gasteiger partial charge is 0.229 e. The van der Waals surface area contributed by atoms with Gasteiger partial charge in [0.25, 0.3) is 0 Å². The molecule has 6 nitrogen and oxygen atoms in total. The van der Waals surface area contributed by atoms with Crippen LogP contribution in [-0.4, -0.2) is 40.2 Å². The number of aryl methyl sites for hydroxylation is 1. The van der Waals surface area contributed by atoms with E-state index in [1.165, 1.54) is 0 Å². The highest BCUT2D eigenvalue weighted by Gasteiger charge is 2.08. The van der Waals surface area contributed by atoms with Gasteiger partial charge in [-0.25, -0.2) is 8.42 Å². The third-order valence-electron chi connectivity index (χ3n) is 2.47. The molecule has 0 radical (unpaired) electrons. The van der Waals surface area contributed by atoms with Gasteiger partial charge in [0, 0.05) is 12.6 Å². The van der Waals surface area contributed by atoms with Gasteiger partial charge in [0.05, 0.1) is 18.5 Å². The van der Waals surface area contributed by atoms with Gasteiger partial charge in [-0.3, -0.25) is 9.71 Å². The number of sulfonamides is 1. The highest BCUT2D eigenvalue weighted by molar-refractivity contribution is 7.92. The van der Waals surface area contributed by atoms with Crippen LogP contribution < -0.4 is 14.8 Å². The van der Waals surface area contributed by atoms with Crippen molar-refractivity contribution in [1.82, 2.24) is 5.32 Å². The molecule has 0 fully saturated rings. The van der Waals surface area contributed by atoms with Gasteiger partial charge >= 0.3 is 0 Å². The summed E-state index contributed by atoms with van der Waals surface area (Å²) in [6.45, 7) is 3.86. The lowest BCUT2D eigenvalue weighted by Gasteiger charge is -2.10. The zero-order valence-electron chi connectivity index (χ0n) is 11.3. The molecule has 8 heteroatoms. The number of nitrogens with zero attached hydrogens (tertiary/aromatic N) is 1. The Balaban J connectivity index is 0.00000200. The van der Waals surface area contributed by atoms with Gasteiger partial charge in [-0.1, -0.05) is 0 Å². The Morgan fingerprint density at radius 2 is 2.15 bits per heavy atom. The van der Waals surface area contributed by atoms with Crippen molar-refractivity contribution in [2.24, 2.45) is 4.99 Å². The minimum Gasteiger partial charge on any atom is -0.486 e. The number of ether oxygens (including phenoxy) is 1. The van der Waals surface area contributed by atoms with Crippen molar-refractivity contribution >= 4 is 34.0 Å². The van der Waals surface area contributed by atoms with E-state index >= 15 is 0 Å². The Hall–Kier alpha value is -1.47. The summed E-state index contributed by atoms with van der Waals surface area (Å²) in [5.74, 6) is 1.43. The molecule has 2 N–H and O–H groups in total. The van der Waals surface area contributed by atoms with Crippen molar-refractivity contribution in [2.75, 3.05) is 30.7 Å². The molecule has 0 saturated carbocycles. The van der Waals surface area contributed by atoms with E-state index in [1.807, 2.05) is 13.0 Å². The molecule has 1 heterocycles. The van der Waals surface area contributed by atoms with Gasteiger partial charge in [-0.15, -0.1) is 12.4 Å². The van der Waals surface area contributed by atoms with Crippen LogP contribution in [0.1, 0.15) is 5.56 Å². The van der Waals surface area contributed by atoms with E-state index in [-0.39, 0.29) is 12.4 Å². The largest absolute Gasteiger partial charge is 0.486 e. The third-order valence-corrected chi connectivity index (χ3v) is 3.08. The van der Waals surface area contributed by atoms with E-state index in [2.05, 4.69) is 15.0 Å². The van der Waals surface area contributed by atoms with Crippen molar-refractivity contribution in [3.05, 3.63) is 23.8 Å². The van der Waals surface area contributed by atoms with Crippen LogP contribution in [0.4, 0.5) is 5.69 Å². The van der Waals surface area contributed by atoms with Crippen LogP contribution in [0.3, 0.4) is 0 Å². The third kappa shape index (κ3) is 5.26. The molecule has 0 saturated heterocycles. The van der Waals surface area contributed by atoms with Gasteiger partial charge in [0.2, 0.25) is 10.0 Å². The fraction of sp³-hybridized carbons (Fsp3) is 0.417. The maximum atomic E-state index is 11.2. The lowest BCUT2D eigenvalue weighted by atomic mass is 10.2. The Bertz CT molecular complexity index is 602. The minimum atomic E-state index is -3.28. The maximum absolute atomic E-state index is 11.2. The number of amidine groups is 1. The van der Waals surface area contributed by atoms with E-state index in [9.17, 15) is 8.42 Å². The van der Waals surface area contributed by atoms with Crippen LogP contribution in [0.15, 0.2) is 23.2 Å². The molecule has 1 aliphatic heterocycles. The number of anilines is 1. The minimum absolute atomic E-state index is 0. The van der Waals surface area contributed by atoms with E-state index in [4.69, 9.17) is 4.74 Å². The van der Waals surface area contributed by atoms with Gasteiger partial charge in [-0.05, 0) is 24.6 Å². The predicted octanol–water partition coefficient (Wildman–Crippen LogP) is 1.17. The average molecular weight is 320 g/mol. The fourth-order valence-corrected chi connectivity index (χ4v) is 2.35. The van der Waals surface area contributed by atoms with Gasteiger partial charge in [0.1, 0.15) is 18.2 Å². The van der Waals surface area contributed by atoms with Gasteiger partial charge in [0.15, 0.2) is 0 Å². The van der Waals surface area contributed by atoms with Crippen molar-refractivity contribution in [3.63, 3.8) is 0 Å². The SMILES string of the molecule is Cc1cc(NS(C)(=O)=O)cc(OCC2=NCCN2)c1.Cl. The summed E-state index contributed by atoms with van der Waals surface area (Å²) >= 11 is 0. The quantitative estimate of drug-likeness (QED) is 0.854. The second kappa shape index (κ2) is 6.81. The number of rotatable bonds is 5. The number of hydrogen-bond donors (Lipinski definition) is 2. The van der Waals surface area contributed by atoms with Crippen LogP contribution in [0.25, 0.3) is 0 Å². The molecule has 20 heavy (non-hydrogen) atoms. The van der Waals surface area contributed by atoms with Crippen LogP contribution in [0.2, 0.25) is 0 Å². The molecular formula is C12H18ClN3O3S. The first-order valence-electron chi connectivity index (χ1n) is 5.92. The molecule has 0 bridgehead atoms.